The molecule has 2 aromatic heterocycles. The SMILES string of the molecule is Cc1ccc2c(c1)c(=O)n(C)c1nnc(CN3CCCCC3C(C)NC(=O)OC(C)(C)C)n21. The fourth-order valence-electron chi connectivity index (χ4n) is 4.71. The number of nitrogens with zero attached hydrogens (tertiary/aromatic N) is 5. The number of aromatic nitrogens is 4. The van der Waals surface area contributed by atoms with E-state index >= 15 is 0 Å². The first kappa shape index (κ1) is 23.2. The lowest BCUT2D eigenvalue weighted by Gasteiger charge is -2.39. The maximum absolute atomic E-state index is 12.9. The van der Waals surface area contributed by atoms with E-state index in [9.17, 15) is 9.59 Å². The first-order valence-corrected chi connectivity index (χ1v) is 11.6. The smallest absolute Gasteiger partial charge is 0.407 e. The van der Waals surface area contributed by atoms with Crippen LogP contribution in [0.3, 0.4) is 0 Å². The Balaban J connectivity index is 1.64. The second-order valence-electron chi connectivity index (χ2n) is 10.1. The molecule has 178 valence electrons. The highest BCUT2D eigenvalue weighted by Crippen LogP contribution is 2.23. The summed E-state index contributed by atoms with van der Waals surface area (Å²) in [6.07, 6.45) is 2.78. The highest BCUT2D eigenvalue weighted by Gasteiger charge is 2.31. The van der Waals surface area contributed by atoms with Gasteiger partial charge in [-0.2, -0.15) is 0 Å². The van der Waals surface area contributed by atoms with E-state index in [-0.39, 0.29) is 17.6 Å². The fourth-order valence-corrected chi connectivity index (χ4v) is 4.71. The number of alkyl carbamates (subject to hydrolysis) is 1. The number of hydrogen-bond donors (Lipinski definition) is 1. The van der Waals surface area contributed by atoms with E-state index in [1.54, 1.807) is 11.6 Å². The summed E-state index contributed by atoms with van der Waals surface area (Å²) in [6, 6.07) is 5.95. The van der Waals surface area contributed by atoms with E-state index in [4.69, 9.17) is 4.74 Å². The van der Waals surface area contributed by atoms with E-state index in [0.717, 1.165) is 42.7 Å². The van der Waals surface area contributed by atoms with E-state index in [0.29, 0.717) is 17.7 Å². The van der Waals surface area contributed by atoms with Crippen molar-refractivity contribution in [2.45, 2.75) is 78.1 Å². The van der Waals surface area contributed by atoms with Crippen LogP contribution in [0.2, 0.25) is 0 Å². The Kier molecular flexibility index (Phi) is 6.18. The number of nitrogens with one attached hydrogen (secondary N) is 1. The molecule has 1 aliphatic heterocycles. The van der Waals surface area contributed by atoms with Gasteiger partial charge in [-0.3, -0.25) is 18.7 Å². The Morgan fingerprint density at radius 1 is 1.27 bits per heavy atom. The van der Waals surface area contributed by atoms with Gasteiger partial charge in [-0.05, 0) is 66.1 Å². The van der Waals surface area contributed by atoms with Gasteiger partial charge < -0.3 is 10.1 Å². The first-order chi connectivity index (χ1) is 15.5. The summed E-state index contributed by atoms with van der Waals surface area (Å²) >= 11 is 0. The average molecular weight is 455 g/mol. The zero-order valence-electron chi connectivity index (χ0n) is 20.4. The minimum atomic E-state index is -0.536. The van der Waals surface area contributed by atoms with Gasteiger partial charge in [0.15, 0.2) is 5.82 Å². The van der Waals surface area contributed by atoms with Crippen LogP contribution in [0.4, 0.5) is 4.79 Å². The quantitative estimate of drug-likeness (QED) is 0.651. The number of piperidine rings is 1. The van der Waals surface area contributed by atoms with E-state index in [2.05, 4.69) is 20.4 Å². The van der Waals surface area contributed by atoms with Gasteiger partial charge in [-0.1, -0.05) is 18.1 Å². The van der Waals surface area contributed by atoms with Gasteiger partial charge in [-0.25, -0.2) is 4.79 Å². The first-order valence-electron chi connectivity index (χ1n) is 11.6. The van der Waals surface area contributed by atoms with E-state index < -0.39 is 11.7 Å². The zero-order valence-corrected chi connectivity index (χ0v) is 20.4. The lowest BCUT2D eigenvalue weighted by molar-refractivity contribution is 0.0434. The van der Waals surface area contributed by atoms with Crippen LogP contribution in [0, 0.1) is 6.92 Å². The zero-order chi connectivity index (χ0) is 23.9. The van der Waals surface area contributed by atoms with Gasteiger partial charge in [-0.15, -0.1) is 10.2 Å². The molecule has 0 bridgehead atoms. The molecule has 2 unspecified atom stereocenters. The second-order valence-corrected chi connectivity index (χ2v) is 10.1. The number of carbonyl (C=O) groups is 1. The predicted molar refractivity (Wildman–Crippen MR) is 127 cm³/mol. The van der Waals surface area contributed by atoms with Crippen LogP contribution in [0.15, 0.2) is 23.0 Å². The summed E-state index contributed by atoms with van der Waals surface area (Å²) < 4.78 is 8.99. The van der Waals surface area contributed by atoms with Crippen molar-refractivity contribution in [1.29, 1.82) is 0 Å². The lowest BCUT2D eigenvalue weighted by Crippen LogP contribution is -2.52. The molecule has 9 heteroatoms. The normalized spacial score (nSPS) is 18.5. The van der Waals surface area contributed by atoms with Gasteiger partial charge in [0.1, 0.15) is 5.60 Å². The molecule has 3 aromatic rings. The summed E-state index contributed by atoms with van der Waals surface area (Å²) in [6.45, 7) is 11.1. The number of likely N-dealkylation sites (tertiary alicyclic amines) is 1. The Morgan fingerprint density at radius 2 is 2.03 bits per heavy atom. The largest absolute Gasteiger partial charge is 0.444 e. The van der Waals surface area contributed by atoms with Crippen LogP contribution in [0.5, 0.6) is 0 Å². The number of rotatable bonds is 4. The number of carbonyl (C=O) groups excluding carboxylic acids is 1. The molecule has 0 aliphatic carbocycles. The van der Waals surface area contributed by atoms with Gasteiger partial charge in [0.05, 0.1) is 17.4 Å². The molecule has 1 fully saturated rings. The molecular weight excluding hydrogens is 420 g/mol. The lowest BCUT2D eigenvalue weighted by atomic mass is 9.96. The minimum Gasteiger partial charge on any atom is -0.444 e. The van der Waals surface area contributed by atoms with Crippen molar-refractivity contribution in [2.24, 2.45) is 7.05 Å². The monoisotopic (exact) mass is 454 g/mol. The number of amides is 1. The van der Waals surface area contributed by atoms with Crippen LogP contribution in [0.1, 0.15) is 58.3 Å². The molecular formula is C24H34N6O3. The Labute approximate surface area is 193 Å². The summed E-state index contributed by atoms with van der Waals surface area (Å²) in [5.74, 6) is 1.31. The summed E-state index contributed by atoms with van der Waals surface area (Å²) in [5, 5.41) is 12.5. The van der Waals surface area contributed by atoms with Gasteiger partial charge in [0, 0.05) is 19.1 Å². The molecule has 1 N–H and O–H groups in total. The molecule has 0 spiro atoms. The number of aryl methyl sites for hydroxylation is 2. The van der Waals surface area contributed by atoms with Crippen molar-refractivity contribution in [1.82, 2.24) is 29.4 Å². The molecule has 4 rings (SSSR count). The molecule has 1 aromatic carbocycles. The Hall–Kier alpha value is -2.94. The average Bonchev–Trinajstić information content (AvgIpc) is 3.14. The molecule has 1 amide bonds. The van der Waals surface area contributed by atoms with Crippen molar-refractivity contribution in [2.75, 3.05) is 6.54 Å². The highest BCUT2D eigenvalue weighted by molar-refractivity contribution is 5.81. The number of hydrogen-bond acceptors (Lipinski definition) is 6. The fraction of sp³-hybridized carbons (Fsp3) is 0.583. The topological polar surface area (TPSA) is 93.8 Å². The van der Waals surface area contributed by atoms with Crippen molar-refractivity contribution in [3.8, 4) is 0 Å². The third-order valence-electron chi connectivity index (χ3n) is 6.27. The van der Waals surface area contributed by atoms with Crippen molar-refractivity contribution in [3.63, 3.8) is 0 Å². The third-order valence-corrected chi connectivity index (χ3v) is 6.27. The summed E-state index contributed by atoms with van der Waals surface area (Å²) in [5.41, 5.74) is 1.23. The molecule has 2 atom stereocenters. The van der Waals surface area contributed by atoms with E-state index in [1.807, 2.05) is 57.2 Å². The number of fused-ring (bicyclic) bond motifs is 3. The molecule has 33 heavy (non-hydrogen) atoms. The molecule has 1 aliphatic rings. The molecule has 0 radical (unpaired) electrons. The maximum Gasteiger partial charge on any atom is 0.407 e. The van der Waals surface area contributed by atoms with Crippen LogP contribution < -0.4 is 10.9 Å². The minimum absolute atomic E-state index is 0.0776. The van der Waals surface area contributed by atoms with Gasteiger partial charge >= 0.3 is 6.09 Å². The standard InChI is InChI=1S/C24H34N6O3/c1-15-10-11-19-17(13-15)21(31)28(6)22-27-26-20(30(19)22)14-29-12-8-7-9-18(29)16(2)25-23(32)33-24(3,4)5/h10-11,13,16,18H,7-9,12,14H2,1-6H3,(H,25,32). The van der Waals surface area contributed by atoms with Gasteiger partial charge in [0.2, 0.25) is 5.78 Å². The van der Waals surface area contributed by atoms with Crippen LogP contribution in [-0.2, 0) is 18.3 Å². The maximum atomic E-state index is 12.9. The second kappa shape index (κ2) is 8.78. The number of ether oxygens (including phenoxy) is 1. The molecule has 3 heterocycles. The summed E-state index contributed by atoms with van der Waals surface area (Å²) in [4.78, 5) is 27.6. The molecule has 1 saturated heterocycles. The van der Waals surface area contributed by atoms with Crippen molar-refractivity contribution in [3.05, 3.63) is 39.9 Å². The van der Waals surface area contributed by atoms with Crippen LogP contribution >= 0.6 is 0 Å². The van der Waals surface area contributed by atoms with E-state index in [1.165, 1.54) is 0 Å². The van der Waals surface area contributed by atoms with Gasteiger partial charge in [0.25, 0.3) is 5.56 Å². The molecule has 9 nitrogen and oxygen atoms in total. The van der Waals surface area contributed by atoms with Crippen molar-refractivity contribution < 1.29 is 9.53 Å². The third kappa shape index (κ3) is 4.73. The number of benzene rings is 1. The highest BCUT2D eigenvalue weighted by atomic mass is 16.6. The molecule has 0 saturated carbocycles. The Bertz CT molecular complexity index is 1240. The summed E-state index contributed by atoms with van der Waals surface area (Å²) in [7, 11) is 1.73. The Morgan fingerprint density at radius 3 is 2.76 bits per heavy atom. The van der Waals surface area contributed by atoms with Crippen LogP contribution in [0.25, 0.3) is 16.7 Å². The van der Waals surface area contributed by atoms with Crippen LogP contribution in [-0.4, -0.2) is 54.4 Å². The predicted octanol–water partition coefficient (Wildman–Crippen LogP) is 3.16. The van der Waals surface area contributed by atoms with Crippen molar-refractivity contribution >= 4 is 22.8 Å².